The largest absolute Gasteiger partial charge is 0.477 e. The third-order valence-electron chi connectivity index (χ3n) is 2.66. The number of nitrogens with one attached hydrogen (secondary N) is 1. The van der Waals surface area contributed by atoms with Gasteiger partial charge in [0.15, 0.2) is 0 Å². The van der Waals surface area contributed by atoms with E-state index in [4.69, 9.17) is 5.11 Å². The summed E-state index contributed by atoms with van der Waals surface area (Å²) in [4.78, 5) is 14.9. The summed E-state index contributed by atoms with van der Waals surface area (Å²) in [5.41, 5.74) is 0.967. The molecule has 1 aliphatic heterocycles. The summed E-state index contributed by atoms with van der Waals surface area (Å²) in [6, 6.07) is 5.38. The van der Waals surface area contributed by atoms with Crippen molar-refractivity contribution in [3.05, 3.63) is 29.6 Å². The molecule has 0 saturated carbocycles. The average molecular weight is 206 g/mol. The Labute approximate surface area is 88.3 Å². The lowest BCUT2D eigenvalue weighted by Gasteiger charge is -2.22. The van der Waals surface area contributed by atoms with Gasteiger partial charge in [0.2, 0.25) is 0 Å². The van der Waals surface area contributed by atoms with Gasteiger partial charge in [0.1, 0.15) is 5.69 Å². The number of pyridine rings is 1. The molecule has 4 heteroatoms. The molecule has 1 aromatic heterocycles. The third kappa shape index (κ3) is 2.33. The Morgan fingerprint density at radius 3 is 3.00 bits per heavy atom. The van der Waals surface area contributed by atoms with Crippen molar-refractivity contribution < 1.29 is 9.90 Å². The third-order valence-corrected chi connectivity index (χ3v) is 2.66. The van der Waals surface area contributed by atoms with Crippen molar-refractivity contribution in [1.29, 1.82) is 0 Å². The minimum absolute atomic E-state index is 0.125. The van der Waals surface area contributed by atoms with Gasteiger partial charge in [0.05, 0.1) is 5.69 Å². The van der Waals surface area contributed by atoms with E-state index in [-0.39, 0.29) is 11.7 Å². The van der Waals surface area contributed by atoms with Gasteiger partial charge in [-0.25, -0.2) is 9.78 Å². The van der Waals surface area contributed by atoms with Crippen molar-refractivity contribution in [2.75, 3.05) is 6.54 Å². The number of hydrogen-bond acceptors (Lipinski definition) is 3. The maximum Gasteiger partial charge on any atom is 0.354 e. The van der Waals surface area contributed by atoms with Crippen molar-refractivity contribution >= 4 is 5.97 Å². The van der Waals surface area contributed by atoms with Crippen LogP contribution in [0.3, 0.4) is 0 Å². The van der Waals surface area contributed by atoms with Gasteiger partial charge in [-0.15, -0.1) is 0 Å². The topological polar surface area (TPSA) is 62.2 Å². The fourth-order valence-electron chi connectivity index (χ4n) is 1.87. The summed E-state index contributed by atoms with van der Waals surface area (Å²) in [6.45, 7) is 0.990. The Bertz CT molecular complexity index is 359. The van der Waals surface area contributed by atoms with Gasteiger partial charge >= 0.3 is 5.97 Å². The van der Waals surface area contributed by atoms with Crippen LogP contribution in [0.4, 0.5) is 0 Å². The van der Waals surface area contributed by atoms with Crippen molar-refractivity contribution in [2.24, 2.45) is 0 Å². The van der Waals surface area contributed by atoms with Gasteiger partial charge in [-0.2, -0.15) is 0 Å². The van der Waals surface area contributed by atoms with Crippen molar-refractivity contribution in [2.45, 2.75) is 25.3 Å². The summed E-state index contributed by atoms with van der Waals surface area (Å²) in [5, 5.41) is 12.2. The van der Waals surface area contributed by atoms with Crippen LogP contribution in [0.25, 0.3) is 0 Å². The summed E-state index contributed by atoms with van der Waals surface area (Å²) in [5.74, 6) is -0.965. The highest BCUT2D eigenvalue weighted by Gasteiger charge is 2.16. The molecular formula is C11H14N2O2. The maximum absolute atomic E-state index is 10.8. The quantitative estimate of drug-likeness (QED) is 0.771. The molecule has 0 unspecified atom stereocenters. The van der Waals surface area contributed by atoms with Crippen molar-refractivity contribution in [1.82, 2.24) is 10.3 Å². The first-order valence-electron chi connectivity index (χ1n) is 5.21. The summed E-state index contributed by atoms with van der Waals surface area (Å²) < 4.78 is 0. The number of aromatic carboxylic acids is 1. The van der Waals surface area contributed by atoms with Crippen LogP contribution in [0.1, 0.15) is 41.5 Å². The molecule has 0 radical (unpaired) electrons. The highest BCUT2D eigenvalue weighted by molar-refractivity contribution is 5.85. The normalized spacial score (nSPS) is 21.2. The van der Waals surface area contributed by atoms with Gasteiger partial charge in [0.25, 0.3) is 0 Å². The summed E-state index contributed by atoms with van der Waals surface area (Å²) in [7, 11) is 0. The fraction of sp³-hybridized carbons (Fsp3) is 0.455. The number of carboxylic acid groups (broad SMARTS) is 1. The average Bonchev–Trinajstić information content (AvgIpc) is 2.30. The molecule has 0 aromatic carbocycles. The van der Waals surface area contributed by atoms with E-state index in [1.54, 1.807) is 6.07 Å². The lowest BCUT2D eigenvalue weighted by atomic mass is 10.0. The Kier molecular flexibility index (Phi) is 2.97. The Morgan fingerprint density at radius 1 is 1.47 bits per heavy atom. The zero-order valence-electron chi connectivity index (χ0n) is 8.44. The SMILES string of the molecule is O=C(O)c1cccc([C@H]2CCCCN2)n1. The number of rotatable bonds is 2. The predicted octanol–water partition coefficient (Wildman–Crippen LogP) is 1.59. The van der Waals surface area contributed by atoms with E-state index >= 15 is 0 Å². The van der Waals surface area contributed by atoms with Crippen LogP contribution in [0.5, 0.6) is 0 Å². The van der Waals surface area contributed by atoms with Gasteiger partial charge in [-0.1, -0.05) is 12.5 Å². The second-order valence-corrected chi connectivity index (χ2v) is 3.76. The van der Waals surface area contributed by atoms with E-state index in [1.807, 2.05) is 6.07 Å². The summed E-state index contributed by atoms with van der Waals surface area (Å²) >= 11 is 0. The standard InChI is InChI=1S/C11H14N2O2/c14-11(15)10-6-3-5-9(13-10)8-4-1-2-7-12-8/h3,5-6,8,12H,1-2,4,7H2,(H,14,15)/t8-/m1/s1. The molecule has 1 atom stereocenters. The summed E-state index contributed by atoms with van der Waals surface area (Å²) in [6.07, 6.45) is 3.40. The molecule has 1 fully saturated rings. The predicted molar refractivity (Wildman–Crippen MR) is 55.8 cm³/mol. The molecule has 2 N–H and O–H groups in total. The van der Waals surface area contributed by atoms with Crippen molar-refractivity contribution in [3.8, 4) is 0 Å². The van der Waals surface area contributed by atoms with Crippen LogP contribution >= 0.6 is 0 Å². The molecule has 80 valence electrons. The van der Waals surface area contributed by atoms with Crippen LogP contribution in [-0.2, 0) is 0 Å². The molecule has 4 nitrogen and oxygen atoms in total. The highest BCUT2D eigenvalue weighted by atomic mass is 16.4. The Morgan fingerprint density at radius 2 is 2.33 bits per heavy atom. The van der Waals surface area contributed by atoms with Crippen LogP contribution < -0.4 is 5.32 Å². The first kappa shape index (κ1) is 10.1. The molecule has 15 heavy (non-hydrogen) atoms. The van der Waals surface area contributed by atoms with Gasteiger partial charge in [-0.05, 0) is 31.5 Å². The number of aromatic nitrogens is 1. The van der Waals surface area contributed by atoms with E-state index in [0.29, 0.717) is 0 Å². The smallest absolute Gasteiger partial charge is 0.354 e. The fourth-order valence-corrected chi connectivity index (χ4v) is 1.87. The Hall–Kier alpha value is -1.42. The minimum atomic E-state index is -0.965. The molecule has 2 rings (SSSR count). The molecule has 0 bridgehead atoms. The first-order valence-corrected chi connectivity index (χ1v) is 5.21. The molecule has 0 spiro atoms. The lowest BCUT2D eigenvalue weighted by Crippen LogP contribution is -2.27. The lowest BCUT2D eigenvalue weighted by molar-refractivity contribution is 0.0690. The minimum Gasteiger partial charge on any atom is -0.477 e. The van der Waals surface area contributed by atoms with Crippen LogP contribution in [-0.4, -0.2) is 22.6 Å². The van der Waals surface area contributed by atoms with Crippen molar-refractivity contribution in [3.63, 3.8) is 0 Å². The molecule has 0 amide bonds. The molecule has 0 aliphatic carbocycles. The number of nitrogens with zero attached hydrogens (tertiary/aromatic N) is 1. The van der Waals surface area contributed by atoms with E-state index in [2.05, 4.69) is 10.3 Å². The number of carboxylic acids is 1. The number of carbonyl (C=O) groups is 1. The second-order valence-electron chi connectivity index (χ2n) is 3.76. The van der Waals surface area contributed by atoms with E-state index in [9.17, 15) is 4.79 Å². The first-order chi connectivity index (χ1) is 7.27. The second kappa shape index (κ2) is 4.40. The molecule has 1 saturated heterocycles. The maximum atomic E-state index is 10.8. The van der Waals surface area contributed by atoms with Gasteiger partial charge in [0, 0.05) is 6.04 Å². The van der Waals surface area contributed by atoms with Crippen LogP contribution in [0.2, 0.25) is 0 Å². The number of piperidine rings is 1. The van der Waals surface area contributed by atoms with Gasteiger partial charge in [-0.3, -0.25) is 0 Å². The Balaban J connectivity index is 2.19. The van der Waals surface area contributed by atoms with E-state index in [0.717, 1.165) is 18.7 Å². The molecule has 1 aliphatic rings. The van der Waals surface area contributed by atoms with Crippen LogP contribution in [0, 0.1) is 0 Å². The molecule has 2 heterocycles. The zero-order valence-corrected chi connectivity index (χ0v) is 8.44. The van der Waals surface area contributed by atoms with E-state index < -0.39 is 5.97 Å². The number of hydrogen-bond donors (Lipinski definition) is 2. The zero-order chi connectivity index (χ0) is 10.7. The van der Waals surface area contributed by atoms with Gasteiger partial charge < -0.3 is 10.4 Å². The highest BCUT2D eigenvalue weighted by Crippen LogP contribution is 2.21. The monoisotopic (exact) mass is 206 g/mol. The van der Waals surface area contributed by atoms with E-state index in [1.165, 1.54) is 18.9 Å². The molecule has 1 aromatic rings. The molecular weight excluding hydrogens is 192 g/mol. The van der Waals surface area contributed by atoms with Crippen LogP contribution in [0.15, 0.2) is 18.2 Å².